The van der Waals surface area contributed by atoms with Gasteiger partial charge in [-0.2, -0.15) is 0 Å². The lowest BCUT2D eigenvalue weighted by Crippen LogP contribution is -2.27. The summed E-state index contributed by atoms with van der Waals surface area (Å²) in [5.74, 6) is -0.185. The van der Waals surface area contributed by atoms with Gasteiger partial charge in [0.2, 0.25) is 0 Å². The third-order valence-corrected chi connectivity index (χ3v) is 2.41. The smallest absolute Gasteiger partial charge is 0.252 e. The number of nitrogens with zero attached hydrogens (tertiary/aromatic N) is 1. The van der Waals surface area contributed by atoms with E-state index in [4.69, 9.17) is 4.84 Å². The first kappa shape index (κ1) is 11.2. The van der Waals surface area contributed by atoms with Crippen LogP contribution in [0, 0.1) is 11.8 Å². The molecule has 0 radical (unpaired) electrons. The molecule has 0 unspecified atom stereocenters. The summed E-state index contributed by atoms with van der Waals surface area (Å²) in [5.41, 5.74) is 0. The van der Waals surface area contributed by atoms with Crippen LogP contribution in [0.15, 0.2) is 0 Å². The van der Waals surface area contributed by atoms with Crippen LogP contribution in [-0.2, 0) is 14.4 Å². The maximum Gasteiger partial charge on any atom is 0.252 e. The number of carbonyl (C=O) groups excluding carboxylic acids is 2. The normalized spacial score (nSPS) is 22.1. The number of hydrogen-bond donors (Lipinski definition) is 0. The van der Waals surface area contributed by atoms with Crippen molar-refractivity contribution < 1.29 is 14.4 Å². The van der Waals surface area contributed by atoms with Gasteiger partial charge in [0.05, 0.1) is 12.5 Å². The summed E-state index contributed by atoms with van der Waals surface area (Å²) in [6.45, 7) is 6.45. The van der Waals surface area contributed by atoms with Gasteiger partial charge in [0.25, 0.3) is 5.91 Å². The fourth-order valence-electron chi connectivity index (χ4n) is 1.39. The second kappa shape index (κ2) is 4.55. The Bertz CT molecular complexity index is 238. The monoisotopic (exact) mass is 199 g/mol. The lowest BCUT2D eigenvalue weighted by molar-refractivity contribution is -0.160. The van der Waals surface area contributed by atoms with Gasteiger partial charge in [-0.15, -0.1) is 0 Å². The molecular weight excluding hydrogens is 182 g/mol. The van der Waals surface area contributed by atoms with Crippen LogP contribution in [0.1, 0.15) is 27.2 Å². The summed E-state index contributed by atoms with van der Waals surface area (Å²) >= 11 is 0. The van der Waals surface area contributed by atoms with Gasteiger partial charge in [-0.1, -0.05) is 13.8 Å². The molecule has 1 aliphatic rings. The Hall–Kier alpha value is -0.900. The van der Waals surface area contributed by atoms with Crippen molar-refractivity contribution in [3.05, 3.63) is 0 Å². The van der Waals surface area contributed by atoms with Gasteiger partial charge >= 0.3 is 0 Å². The number of hydrogen-bond acceptors (Lipinski definition) is 3. The van der Waals surface area contributed by atoms with Crippen LogP contribution < -0.4 is 0 Å². The molecule has 4 nitrogen and oxygen atoms in total. The molecule has 0 N–H and O–H groups in total. The van der Waals surface area contributed by atoms with E-state index in [1.165, 1.54) is 5.06 Å². The molecule has 1 fully saturated rings. The molecule has 1 amide bonds. The number of Topliss-reactive ketones (excluding diaryl/α,β-unsaturated/α-hetero) is 1. The van der Waals surface area contributed by atoms with Crippen LogP contribution in [0.4, 0.5) is 0 Å². The molecule has 0 aromatic rings. The molecule has 80 valence electrons. The Balaban J connectivity index is 2.48. The number of amides is 1. The van der Waals surface area contributed by atoms with Crippen molar-refractivity contribution in [3.63, 3.8) is 0 Å². The number of rotatable bonds is 4. The van der Waals surface area contributed by atoms with Gasteiger partial charge < -0.3 is 0 Å². The van der Waals surface area contributed by atoms with Crippen molar-refractivity contribution >= 4 is 11.7 Å². The van der Waals surface area contributed by atoms with E-state index < -0.39 is 0 Å². The molecular formula is C10H17NO3. The van der Waals surface area contributed by atoms with Crippen LogP contribution in [0.2, 0.25) is 0 Å². The first-order valence-electron chi connectivity index (χ1n) is 5.03. The second-order valence-corrected chi connectivity index (χ2v) is 3.85. The third-order valence-electron chi connectivity index (χ3n) is 2.41. The first-order valence-corrected chi connectivity index (χ1v) is 5.03. The zero-order valence-electron chi connectivity index (χ0n) is 8.95. The van der Waals surface area contributed by atoms with Crippen molar-refractivity contribution in [1.29, 1.82) is 0 Å². The van der Waals surface area contributed by atoms with Gasteiger partial charge in [-0.3, -0.25) is 14.4 Å². The summed E-state index contributed by atoms with van der Waals surface area (Å²) < 4.78 is 0. The van der Waals surface area contributed by atoms with Crippen molar-refractivity contribution in [2.24, 2.45) is 11.8 Å². The van der Waals surface area contributed by atoms with Crippen molar-refractivity contribution in [1.82, 2.24) is 5.06 Å². The molecule has 0 saturated carbocycles. The molecule has 1 heterocycles. The fourth-order valence-corrected chi connectivity index (χ4v) is 1.39. The van der Waals surface area contributed by atoms with E-state index in [-0.39, 0.29) is 23.5 Å². The fraction of sp³-hybridized carbons (Fsp3) is 0.800. The maximum atomic E-state index is 11.5. The minimum absolute atomic E-state index is 0.00141. The van der Waals surface area contributed by atoms with E-state index in [0.29, 0.717) is 19.6 Å². The quantitative estimate of drug-likeness (QED) is 0.679. The Morgan fingerprint density at radius 3 is 2.71 bits per heavy atom. The molecule has 0 spiro atoms. The predicted molar refractivity (Wildman–Crippen MR) is 51.3 cm³/mol. The molecule has 0 bridgehead atoms. The van der Waals surface area contributed by atoms with E-state index >= 15 is 0 Å². The van der Waals surface area contributed by atoms with Gasteiger partial charge in [0.1, 0.15) is 5.78 Å². The molecule has 0 aromatic carbocycles. The zero-order valence-corrected chi connectivity index (χ0v) is 8.95. The summed E-state index contributed by atoms with van der Waals surface area (Å²) in [7, 11) is 0. The standard InChI is InChI=1S/C10H17NO3/c1-4-11-10(13)8(6-14-11)5-9(12)7(2)3/h7-8H,4-6H2,1-3H3/t8-/m1/s1. The highest BCUT2D eigenvalue weighted by Crippen LogP contribution is 2.19. The molecule has 1 atom stereocenters. The predicted octanol–water partition coefficient (Wildman–Crippen LogP) is 1.01. The summed E-state index contributed by atoms with van der Waals surface area (Å²) in [6.07, 6.45) is 0.312. The highest BCUT2D eigenvalue weighted by Gasteiger charge is 2.33. The first-order chi connectivity index (χ1) is 6.56. The maximum absolute atomic E-state index is 11.5. The Morgan fingerprint density at radius 1 is 1.64 bits per heavy atom. The molecule has 14 heavy (non-hydrogen) atoms. The number of hydroxylamine groups is 2. The van der Waals surface area contributed by atoms with Gasteiger partial charge in [0, 0.05) is 18.9 Å². The number of ketones is 1. The minimum Gasteiger partial charge on any atom is -0.299 e. The van der Waals surface area contributed by atoms with Crippen molar-refractivity contribution in [2.75, 3.05) is 13.2 Å². The van der Waals surface area contributed by atoms with Gasteiger partial charge in [-0.05, 0) is 6.92 Å². The molecule has 1 saturated heterocycles. The largest absolute Gasteiger partial charge is 0.299 e. The Labute approximate surface area is 84.2 Å². The topological polar surface area (TPSA) is 46.6 Å². The van der Waals surface area contributed by atoms with Crippen LogP contribution in [0.25, 0.3) is 0 Å². The third kappa shape index (κ3) is 2.32. The summed E-state index contributed by atoms with van der Waals surface area (Å²) in [4.78, 5) is 28.1. The lowest BCUT2D eigenvalue weighted by atomic mass is 9.97. The van der Waals surface area contributed by atoms with Crippen LogP contribution in [0.5, 0.6) is 0 Å². The summed E-state index contributed by atoms with van der Waals surface area (Å²) in [5, 5.41) is 1.33. The lowest BCUT2D eigenvalue weighted by Gasteiger charge is -2.11. The van der Waals surface area contributed by atoms with Crippen LogP contribution in [0.3, 0.4) is 0 Å². The zero-order chi connectivity index (χ0) is 10.7. The molecule has 0 aliphatic carbocycles. The van der Waals surface area contributed by atoms with E-state index in [0.717, 1.165) is 0 Å². The second-order valence-electron chi connectivity index (χ2n) is 3.85. The summed E-state index contributed by atoms with van der Waals surface area (Å²) in [6, 6.07) is 0. The van der Waals surface area contributed by atoms with Crippen LogP contribution in [-0.4, -0.2) is 29.9 Å². The highest BCUT2D eigenvalue weighted by molar-refractivity contribution is 5.88. The number of carbonyl (C=O) groups is 2. The van der Waals surface area contributed by atoms with E-state index in [1.807, 2.05) is 20.8 Å². The Morgan fingerprint density at radius 2 is 2.29 bits per heavy atom. The molecule has 1 rings (SSSR count). The minimum atomic E-state index is -0.259. The van der Waals surface area contributed by atoms with E-state index in [1.54, 1.807) is 0 Å². The van der Waals surface area contributed by atoms with E-state index in [2.05, 4.69) is 0 Å². The average Bonchev–Trinajstić information content (AvgIpc) is 2.47. The van der Waals surface area contributed by atoms with Gasteiger partial charge in [-0.25, -0.2) is 5.06 Å². The molecule has 1 aliphatic heterocycles. The van der Waals surface area contributed by atoms with E-state index in [9.17, 15) is 9.59 Å². The Kier molecular flexibility index (Phi) is 3.63. The SMILES string of the molecule is CCN1OC[C@@H](CC(=O)C(C)C)C1=O. The average molecular weight is 199 g/mol. The van der Waals surface area contributed by atoms with Crippen molar-refractivity contribution in [2.45, 2.75) is 27.2 Å². The molecule has 4 heteroatoms. The highest BCUT2D eigenvalue weighted by atomic mass is 16.7. The van der Waals surface area contributed by atoms with Crippen LogP contribution >= 0.6 is 0 Å². The molecule has 0 aromatic heterocycles. The van der Waals surface area contributed by atoms with Crippen molar-refractivity contribution in [3.8, 4) is 0 Å². The van der Waals surface area contributed by atoms with Gasteiger partial charge in [0.15, 0.2) is 0 Å².